The third-order valence-corrected chi connectivity index (χ3v) is 6.37. The maximum absolute atomic E-state index is 13.9. The molecule has 1 aromatic heterocycles. The highest BCUT2D eigenvalue weighted by Crippen LogP contribution is 2.45. The number of carbonyl (C=O) groups is 1. The smallest absolute Gasteiger partial charge is 0.410 e. The maximum Gasteiger partial charge on any atom is 0.410 e. The molecule has 2 aliphatic rings. The van der Waals surface area contributed by atoms with Crippen LogP contribution in [-0.2, 0) is 0 Å². The van der Waals surface area contributed by atoms with E-state index in [1.54, 1.807) is 30.3 Å². The summed E-state index contributed by atoms with van der Waals surface area (Å²) in [6.45, 7) is 0.0764. The molecule has 0 fully saturated rings. The van der Waals surface area contributed by atoms with Crippen LogP contribution in [0.5, 0.6) is 11.5 Å². The minimum atomic E-state index is -4.54. The second kappa shape index (κ2) is 8.22. The first-order valence-electron chi connectivity index (χ1n) is 10.1. The fraction of sp³-hybridized carbons (Fsp3) is 0.273. The van der Waals surface area contributed by atoms with Gasteiger partial charge in [-0.1, -0.05) is 18.2 Å². The highest BCUT2D eigenvalue weighted by molar-refractivity contribution is 7.98. The first-order chi connectivity index (χ1) is 15.8. The second-order valence-electron chi connectivity index (χ2n) is 7.62. The monoisotopic (exact) mass is 476 g/mol. The Balaban J connectivity index is 1.45. The van der Waals surface area contributed by atoms with Crippen molar-refractivity contribution in [2.75, 3.05) is 23.7 Å². The van der Waals surface area contributed by atoms with E-state index < -0.39 is 24.2 Å². The quantitative estimate of drug-likeness (QED) is 0.501. The van der Waals surface area contributed by atoms with Crippen molar-refractivity contribution in [2.45, 2.75) is 29.6 Å². The van der Waals surface area contributed by atoms with Crippen LogP contribution >= 0.6 is 11.8 Å². The molecule has 0 unspecified atom stereocenters. The Labute approximate surface area is 191 Å². The number of thioether (sulfide) groups is 1. The van der Waals surface area contributed by atoms with Gasteiger partial charge in [0.2, 0.25) is 6.79 Å². The van der Waals surface area contributed by atoms with Crippen LogP contribution in [-0.4, -0.2) is 34.9 Å². The van der Waals surface area contributed by atoms with Crippen LogP contribution in [0, 0.1) is 0 Å². The summed E-state index contributed by atoms with van der Waals surface area (Å²) in [5.74, 6) is 0.580. The van der Waals surface area contributed by atoms with E-state index in [0.717, 1.165) is 9.58 Å². The molecule has 0 bridgehead atoms. The fourth-order valence-corrected chi connectivity index (χ4v) is 4.52. The summed E-state index contributed by atoms with van der Waals surface area (Å²) in [5, 5.41) is 9.83. The first kappa shape index (κ1) is 21.5. The molecule has 0 saturated heterocycles. The lowest BCUT2D eigenvalue weighted by Crippen LogP contribution is -2.35. The number of amides is 1. The molecule has 1 amide bonds. The van der Waals surface area contributed by atoms with Gasteiger partial charge in [-0.3, -0.25) is 4.79 Å². The summed E-state index contributed by atoms with van der Waals surface area (Å²) in [7, 11) is 0. The lowest BCUT2D eigenvalue weighted by Gasteiger charge is -2.33. The summed E-state index contributed by atoms with van der Waals surface area (Å²) >= 11 is 1.45. The van der Waals surface area contributed by atoms with E-state index >= 15 is 0 Å². The van der Waals surface area contributed by atoms with Crippen molar-refractivity contribution in [3.63, 3.8) is 0 Å². The van der Waals surface area contributed by atoms with Crippen molar-refractivity contribution in [1.29, 1.82) is 0 Å². The number of halogens is 3. The summed E-state index contributed by atoms with van der Waals surface area (Å²) in [6.07, 6.45) is -2.96. The van der Waals surface area contributed by atoms with Gasteiger partial charge in [-0.05, 0) is 36.1 Å². The molecule has 172 valence electrons. The SMILES string of the molecule is CSc1ccccc1NC(=O)c1cc2n(n1)[C@@H](C(F)(F)F)C[C@@H](c1ccc3c(c1)OCO3)N2. The number of nitrogens with one attached hydrogen (secondary N) is 2. The molecule has 3 aromatic rings. The number of ether oxygens (including phenoxy) is 2. The van der Waals surface area contributed by atoms with Gasteiger partial charge in [-0.2, -0.15) is 18.3 Å². The summed E-state index contributed by atoms with van der Waals surface area (Å²) in [4.78, 5) is 13.6. The van der Waals surface area contributed by atoms with Gasteiger partial charge in [0.05, 0.1) is 11.7 Å². The van der Waals surface area contributed by atoms with Crippen molar-refractivity contribution in [2.24, 2.45) is 0 Å². The standard InChI is InChI=1S/C22H19F3N4O3S/c1-33-18-5-3-2-4-13(18)27-21(30)15-10-20-26-14(9-19(22(23,24)25)29(20)28-15)12-6-7-16-17(8-12)32-11-31-16/h2-8,10,14,19,26H,9,11H2,1H3,(H,27,30)/t14-,19+/m0/s1. The first-order valence-corrected chi connectivity index (χ1v) is 11.3. The Morgan fingerprint density at radius 3 is 2.76 bits per heavy atom. The average molecular weight is 476 g/mol. The van der Waals surface area contributed by atoms with Gasteiger partial charge in [0.1, 0.15) is 5.82 Å². The van der Waals surface area contributed by atoms with E-state index in [1.807, 2.05) is 18.4 Å². The molecule has 2 atom stereocenters. The number of hydrogen-bond donors (Lipinski definition) is 2. The normalized spacial score (nSPS) is 19.0. The average Bonchev–Trinajstić information content (AvgIpc) is 3.44. The van der Waals surface area contributed by atoms with Crippen LogP contribution < -0.4 is 20.1 Å². The van der Waals surface area contributed by atoms with Gasteiger partial charge in [-0.25, -0.2) is 4.68 Å². The van der Waals surface area contributed by atoms with Crippen LogP contribution in [0.2, 0.25) is 0 Å². The predicted molar refractivity (Wildman–Crippen MR) is 117 cm³/mol. The predicted octanol–water partition coefficient (Wildman–Crippen LogP) is 5.25. The molecule has 2 aromatic carbocycles. The molecule has 33 heavy (non-hydrogen) atoms. The van der Waals surface area contributed by atoms with E-state index in [1.165, 1.54) is 17.8 Å². The number of rotatable bonds is 4. The largest absolute Gasteiger partial charge is 0.454 e. The second-order valence-corrected chi connectivity index (χ2v) is 8.46. The molecule has 0 saturated carbocycles. The third-order valence-electron chi connectivity index (χ3n) is 5.58. The van der Waals surface area contributed by atoms with Crippen molar-refractivity contribution < 1.29 is 27.4 Å². The number of hydrogen-bond acceptors (Lipinski definition) is 6. The van der Waals surface area contributed by atoms with Gasteiger partial charge < -0.3 is 20.1 Å². The van der Waals surface area contributed by atoms with Crippen molar-refractivity contribution >= 4 is 29.2 Å². The Hall–Kier alpha value is -3.34. The third kappa shape index (κ3) is 4.08. The number of nitrogens with zero attached hydrogens (tertiary/aromatic N) is 2. The number of fused-ring (bicyclic) bond motifs is 2. The van der Waals surface area contributed by atoms with Gasteiger partial charge in [0.15, 0.2) is 23.2 Å². The summed E-state index contributed by atoms with van der Waals surface area (Å²) in [5.41, 5.74) is 1.09. The highest BCUT2D eigenvalue weighted by Gasteiger charge is 2.47. The zero-order chi connectivity index (χ0) is 23.2. The molecular weight excluding hydrogens is 457 g/mol. The molecule has 0 spiro atoms. The zero-order valence-electron chi connectivity index (χ0n) is 17.3. The highest BCUT2D eigenvalue weighted by atomic mass is 32.2. The Morgan fingerprint density at radius 1 is 1.18 bits per heavy atom. The number of aromatic nitrogens is 2. The van der Waals surface area contributed by atoms with Gasteiger partial charge in [-0.15, -0.1) is 11.8 Å². The van der Waals surface area contributed by atoms with Crippen molar-refractivity contribution in [1.82, 2.24) is 9.78 Å². The molecule has 7 nitrogen and oxygen atoms in total. The Kier molecular flexibility index (Phi) is 5.35. The Bertz CT molecular complexity index is 1210. The van der Waals surface area contributed by atoms with E-state index in [2.05, 4.69) is 15.7 Å². The molecular formula is C22H19F3N4O3S. The van der Waals surface area contributed by atoms with Crippen LogP contribution in [0.25, 0.3) is 0 Å². The molecule has 0 aliphatic carbocycles. The van der Waals surface area contributed by atoms with Crippen LogP contribution in [0.1, 0.15) is 34.6 Å². The van der Waals surface area contributed by atoms with Crippen LogP contribution in [0.15, 0.2) is 53.4 Å². The molecule has 11 heteroatoms. The number of anilines is 2. The summed E-state index contributed by atoms with van der Waals surface area (Å²) in [6, 6.07) is 11.0. The minimum absolute atomic E-state index is 0.0764. The molecule has 2 N–H and O–H groups in total. The van der Waals surface area contributed by atoms with Crippen LogP contribution in [0.3, 0.4) is 0 Å². The lowest BCUT2D eigenvalue weighted by atomic mass is 9.96. The van der Waals surface area contributed by atoms with Gasteiger partial charge in [0.25, 0.3) is 5.91 Å². The van der Waals surface area contributed by atoms with E-state index in [9.17, 15) is 18.0 Å². The number of alkyl halides is 3. The molecule has 3 heterocycles. The fourth-order valence-electron chi connectivity index (χ4n) is 3.97. The maximum atomic E-state index is 13.9. The van der Waals surface area contributed by atoms with Crippen molar-refractivity contribution in [3.05, 3.63) is 59.8 Å². The van der Waals surface area contributed by atoms with E-state index in [4.69, 9.17) is 9.47 Å². The number of carbonyl (C=O) groups excluding carboxylic acids is 1. The van der Waals surface area contributed by atoms with E-state index in [0.29, 0.717) is 22.7 Å². The van der Waals surface area contributed by atoms with Crippen LogP contribution in [0.4, 0.5) is 24.7 Å². The topological polar surface area (TPSA) is 77.4 Å². The van der Waals surface area contributed by atoms with Crippen molar-refractivity contribution in [3.8, 4) is 11.5 Å². The Morgan fingerprint density at radius 2 is 1.97 bits per heavy atom. The number of benzene rings is 2. The minimum Gasteiger partial charge on any atom is -0.454 e. The summed E-state index contributed by atoms with van der Waals surface area (Å²) < 4.78 is 53.3. The lowest BCUT2D eigenvalue weighted by molar-refractivity contribution is -0.173. The molecule has 5 rings (SSSR count). The van der Waals surface area contributed by atoms with E-state index in [-0.39, 0.29) is 24.7 Å². The van der Waals surface area contributed by atoms with Gasteiger partial charge in [0, 0.05) is 17.4 Å². The molecule has 0 radical (unpaired) electrons. The van der Waals surface area contributed by atoms with Gasteiger partial charge >= 0.3 is 6.18 Å². The number of para-hydroxylation sites is 1. The zero-order valence-corrected chi connectivity index (χ0v) is 18.2. The molecule has 2 aliphatic heterocycles.